The summed E-state index contributed by atoms with van der Waals surface area (Å²) in [6.07, 6.45) is 6.80. The van der Waals surface area contributed by atoms with Crippen molar-refractivity contribution in [1.29, 1.82) is 0 Å². The Morgan fingerprint density at radius 2 is 2.05 bits per heavy atom. The SMILES string of the molecule is Cc1nc2cc(C(CN)C3CCCCC3)ccc2n1C. The lowest BCUT2D eigenvalue weighted by atomic mass is 9.77. The van der Waals surface area contributed by atoms with Crippen LogP contribution in [0.5, 0.6) is 0 Å². The maximum Gasteiger partial charge on any atom is 0.106 e. The Morgan fingerprint density at radius 1 is 1.30 bits per heavy atom. The van der Waals surface area contributed by atoms with E-state index in [1.807, 2.05) is 0 Å². The molecule has 1 aliphatic rings. The average molecular weight is 271 g/mol. The molecule has 1 aromatic carbocycles. The molecule has 0 amide bonds. The first kappa shape index (κ1) is 13.6. The van der Waals surface area contributed by atoms with Crippen LogP contribution in [0.15, 0.2) is 18.2 Å². The van der Waals surface area contributed by atoms with E-state index in [4.69, 9.17) is 5.73 Å². The van der Waals surface area contributed by atoms with Crippen LogP contribution >= 0.6 is 0 Å². The van der Waals surface area contributed by atoms with E-state index >= 15 is 0 Å². The summed E-state index contributed by atoms with van der Waals surface area (Å²) in [6, 6.07) is 6.72. The van der Waals surface area contributed by atoms with Gasteiger partial charge in [-0.1, -0.05) is 25.3 Å². The lowest BCUT2D eigenvalue weighted by molar-refractivity contribution is 0.307. The minimum absolute atomic E-state index is 0.502. The summed E-state index contributed by atoms with van der Waals surface area (Å²) >= 11 is 0. The van der Waals surface area contributed by atoms with Crippen LogP contribution in [0.1, 0.15) is 49.4 Å². The number of aromatic nitrogens is 2. The van der Waals surface area contributed by atoms with E-state index in [9.17, 15) is 0 Å². The first-order valence-corrected chi connectivity index (χ1v) is 7.83. The van der Waals surface area contributed by atoms with Crippen LogP contribution < -0.4 is 5.73 Å². The van der Waals surface area contributed by atoms with Gasteiger partial charge in [0.2, 0.25) is 0 Å². The van der Waals surface area contributed by atoms with Crippen molar-refractivity contribution in [2.45, 2.75) is 44.9 Å². The van der Waals surface area contributed by atoms with E-state index in [-0.39, 0.29) is 0 Å². The van der Waals surface area contributed by atoms with E-state index < -0.39 is 0 Å². The van der Waals surface area contributed by atoms with Gasteiger partial charge in [0.25, 0.3) is 0 Å². The lowest BCUT2D eigenvalue weighted by Gasteiger charge is -2.29. The van der Waals surface area contributed by atoms with Crippen LogP contribution in [0.25, 0.3) is 11.0 Å². The standard InChI is InChI=1S/C17H25N3/c1-12-19-16-10-14(8-9-17(16)20(12)2)15(11-18)13-6-4-3-5-7-13/h8-10,13,15H,3-7,11,18H2,1-2H3. The molecule has 108 valence electrons. The highest BCUT2D eigenvalue weighted by atomic mass is 15.0. The second-order valence-corrected chi connectivity index (χ2v) is 6.21. The van der Waals surface area contributed by atoms with Crippen molar-refractivity contribution in [1.82, 2.24) is 9.55 Å². The fourth-order valence-electron chi connectivity index (χ4n) is 3.71. The molecule has 1 unspecified atom stereocenters. The molecular weight excluding hydrogens is 246 g/mol. The predicted octanol–water partition coefficient (Wildman–Crippen LogP) is 3.50. The number of nitrogens with zero attached hydrogens (tertiary/aromatic N) is 2. The van der Waals surface area contributed by atoms with Crippen LogP contribution in [0.4, 0.5) is 0 Å². The summed E-state index contributed by atoms with van der Waals surface area (Å²) in [5.74, 6) is 2.33. The highest BCUT2D eigenvalue weighted by Gasteiger charge is 2.24. The monoisotopic (exact) mass is 271 g/mol. The van der Waals surface area contributed by atoms with Gasteiger partial charge in [-0.25, -0.2) is 4.98 Å². The quantitative estimate of drug-likeness (QED) is 0.928. The van der Waals surface area contributed by atoms with Gasteiger partial charge in [0, 0.05) is 7.05 Å². The van der Waals surface area contributed by atoms with Gasteiger partial charge in [0.05, 0.1) is 11.0 Å². The van der Waals surface area contributed by atoms with Gasteiger partial charge in [-0.2, -0.15) is 0 Å². The Kier molecular flexibility index (Phi) is 3.79. The van der Waals surface area contributed by atoms with E-state index in [0.29, 0.717) is 5.92 Å². The molecule has 20 heavy (non-hydrogen) atoms. The Labute approximate surface area is 121 Å². The Morgan fingerprint density at radius 3 is 2.75 bits per heavy atom. The lowest BCUT2D eigenvalue weighted by Crippen LogP contribution is -2.23. The van der Waals surface area contributed by atoms with Gasteiger partial charge >= 0.3 is 0 Å². The van der Waals surface area contributed by atoms with Crippen molar-refractivity contribution in [2.75, 3.05) is 6.54 Å². The van der Waals surface area contributed by atoms with Crippen LogP contribution in [-0.4, -0.2) is 16.1 Å². The number of fused-ring (bicyclic) bond motifs is 1. The molecule has 1 atom stereocenters. The second kappa shape index (κ2) is 5.57. The molecule has 3 heteroatoms. The largest absolute Gasteiger partial charge is 0.331 e. The number of rotatable bonds is 3. The third-order valence-electron chi connectivity index (χ3n) is 5.03. The van der Waals surface area contributed by atoms with Gasteiger partial charge in [-0.05, 0) is 55.8 Å². The molecule has 2 N–H and O–H groups in total. The summed E-state index contributed by atoms with van der Waals surface area (Å²) in [6.45, 7) is 2.81. The van der Waals surface area contributed by atoms with Crippen LogP contribution in [0, 0.1) is 12.8 Å². The number of imidazole rings is 1. The normalized spacial score (nSPS) is 18.6. The van der Waals surface area contributed by atoms with E-state index in [2.05, 4.69) is 41.7 Å². The van der Waals surface area contributed by atoms with E-state index in [1.165, 1.54) is 43.2 Å². The maximum absolute atomic E-state index is 6.09. The van der Waals surface area contributed by atoms with Crippen LogP contribution in [0.2, 0.25) is 0 Å². The first-order valence-electron chi connectivity index (χ1n) is 7.83. The average Bonchev–Trinajstić information content (AvgIpc) is 2.76. The number of aryl methyl sites for hydroxylation is 2. The Hall–Kier alpha value is -1.35. The molecule has 1 fully saturated rings. The zero-order chi connectivity index (χ0) is 14.1. The van der Waals surface area contributed by atoms with Gasteiger partial charge in [-0.15, -0.1) is 0 Å². The molecule has 2 aromatic rings. The third-order valence-corrected chi connectivity index (χ3v) is 5.03. The van der Waals surface area contributed by atoms with E-state index in [1.54, 1.807) is 0 Å². The summed E-state index contributed by atoms with van der Waals surface area (Å²) < 4.78 is 2.15. The van der Waals surface area contributed by atoms with Crippen LogP contribution in [0.3, 0.4) is 0 Å². The predicted molar refractivity (Wildman–Crippen MR) is 83.8 cm³/mol. The molecule has 1 aliphatic carbocycles. The van der Waals surface area contributed by atoms with Crippen molar-refractivity contribution < 1.29 is 0 Å². The molecule has 0 bridgehead atoms. The molecule has 0 spiro atoms. The molecule has 0 aliphatic heterocycles. The zero-order valence-electron chi connectivity index (χ0n) is 12.6. The molecule has 0 radical (unpaired) electrons. The van der Waals surface area contributed by atoms with Gasteiger partial charge < -0.3 is 10.3 Å². The van der Waals surface area contributed by atoms with Crippen LogP contribution in [-0.2, 0) is 7.05 Å². The molecule has 1 aromatic heterocycles. The minimum Gasteiger partial charge on any atom is -0.331 e. The highest BCUT2D eigenvalue weighted by Crippen LogP contribution is 2.36. The number of hydrogen-bond acceptors (Lipinski definition) is 2. The summed E-state index contributed by atoms with van der Waals surface area (Å²) in [4.78, 5) is 4.66. The fraction of sp³-hybridized carbons (Fsp3) is 0.588. The van der Waals surface area contributed by atoms with Crippen molar-refractivity contribution in [2.24, 2.45) is 18.7 Å². The molecule has 1 saturated carbocycles. The molecule has 1 heterocycles. The number of nitrogens with two attached hydrogens (primary N) is 1. The number of benzene rings is 1. The molecular formula is C17H25N3. The van der Waals surface area contributed by atoms with Crippen molar-refractivity contribution in [3.05, 3.63) is 29.6 Å². The second-order valence-electron chi connectivity index (χ2n) is 6.21. The Balaban J connectivity index is 1.94. The summed E-state index contributed by atoms with van der Waals surface area (Å²) in [5.41, 5.74) is 9.79. The summed E-state index contributed by atoms with van der Waals surface area (Å²) in [7, 11) is 2.08. The smallest absolute Gasteiger partial charge is 0.106 e. The molecule has 0 saturated heterocycles. The zero-order valence-corrected chi connectivity index (χ0v) is 12.6. The van der Waals surface area contributed by atoms with Crippen molar-refractivity contribution in [3.8, 4) is 0 Å². The van der Waals surface area contributed by atoms with Crippen molar-refractivity contribution in [3.63, 3.8) is 0 Å². The molecule has 3 rings (SSSR count). The highest BCUT2D eigenvalue weighted by molar-refractivity contribution is 5.77. The fourth-order valence-corrected chi connectivity index (χ4v) is 3.71. The number of hydrogen-bond donors (Lipinski definition) is 1. The van der Waals surface area contributed by atoms with Gasteiger partial charge in [0.1, 0.15) is 5.82 Å². The summed E-state index contributed by atoms with van der Waals surface area (Å²) in [5, 5.41) is 0. The minimum atomic E-state index is 0.502. The van der Waals surface area contributed by atoms with Crippen molar-refractivity contribution >= 4 is 11.0 Å². The van der Waals surface area contributed by atoms with Gasteiger partial charge in [-0.3, -0.25) is 0 Å². The topological polar surface area (TPSA) is 43.8 Å². The van der Waals surface area contributed by atoms with E-state index in [0.717, 1.165) is 23.8 Å². The Bertz CT molecular complexity index is 594. The van der Waals surface area contributed by atoms with Gasteiger partial charge in [0.15, 0.2) is 0 Å². The third kappa shape index (κ3) is 2.35. The first-order chi connectivity index (χ1) is 9.70. The maximum atomic E-state index is 6.09. The molecule has 3 nitrogen and oxygen atoms in total.